The summed E-state index contributed by atoms with van der Waals surface area (Å²) in [5.41, 5.74) is 3.01. The van der Waals surface area contributed by atoms with Crippen molar-refractivity contribution in [3.05, 3.63) is 51.6 Å². The molecule has 96 valence electrons. The molecule has 19 heavy (non-hydrogen) atoms. The maximum Gasteiger partial charge on any atom is 0.147 e. The Labute approximate surface area is 122 Å². The van der Waals surface area contributed by atoms with Gasteiger partial charge in [-0.15, -0.1) is 0 Å². The summed E-state index contributed by atoms with van der Waals surface area (Å²) in [4.78, 5) is 4.27. The fraction of sp³-hybridized carbons (Fsp3) is 0.200. The highest BCUT2D eigenvalue weighted by Crippen LogP contribution is 2.34. The van der Waals surface area contributed by atoms with E-state index in [1.54, 1.807) is 6.07 Å². The molecule has 0 aliphatic heterocycles. The molecule has 4 heteroatoms. The number of rotatable bonds is 2. The third-order valence-electron chi connectivity index (χ3n) is 2.89. The number of nitriles is 1. The van der Waals surface area contributed by atoms with Gasteiger partial charge in [-0.3, -0.25) is 0 Å². The summed E-state index contributed by atoms with van der Waals surface area (Å²) in [6, 6.07) is 11.5. The highest BCUT2D eigenvalue weighted by molar-refractivity contribution is 6.35. The second-order valence-corrected chi connectivity index (χ2v) is 5.28. The number of nitrogens with zero attached hydrogens (tertiary/aromatic N) is 2. The summed E-state index contributed by atoms with van der Waals surface area (Å²) in [5, 5.41) is 9.53. The van der Waals surface area contributed by atoms with Gasteiger partial charge in [0.1, 0.15) is 11.2 Å². The van der Waals surface area contributed by atoms with Crippen molar-refractivity contribution in [2.45, 2.75) is 19.8 Å². The molecule has 1 aromatic heterocycles. The third-order valence-corrected chi connectivity index (χ3v) is 3.46. The minimum atomic E-state index is 0.181. The molecular weight excluding hydrogens is 279 g/mol. The molecule has 2 nitrogen and oxygen atoms in total. The number of halogens is 2. The van der Waals surface area contributed by atoms with Crippen LogP contribution in [0.4, 0.5) is 0 Å². The Hall–Kier alpha value is -1.56. The predicted molar refractivity (Wildman–Crippen MR) is 78.5 cm³/mol. The zero-order chi connectivity index (χ0) is 14.0. The molecule has 1 heterocycles. The van der Waals surface area contributed by atoms with Crippen LogP contribution in [0.25, 0.3) is 11.3 Å². The van der Waals surface area contributed by atoms with Crippen LogP contribution in [0.15, 0.2) is 30.3 Å². The van der Waals surface area contributed by atoms with E-state index < -0.39 is 0 Å². The van der Waals surface area contributed by atoms with Crippen LogP contribution in [0, 0.1) is 11.3 Å². The van der Waals surface area contributed by atoms with Crippen molar-refractivity contribution in [1.82, 2.24) is 4.98 Å². The summed E-state index contributed by atoms with van der Waals surface area (Å²) in [5.74, 6) is 0.350. The van der Waals surface area contributed by atoms with Crippen molar-refractivity contribution >= 4 is 23.2 Å². The van der Waals surface area contributed by atoms with Crippen molar-refractivity contribution in [1.29, 1.82) is 5.26 Å². The van der Waals surface area contributed by atoms with Crippen LogP contribution in [0.5, 0.6) is 0 Å². The van der Waals surface area contributed by atoms with Crippen molar-refractivity contribution in [3.8, 4) is 17.3 Å². The molecule has 2 rings (SSSR count). The zero-order valence-electron chi connectivity index (χ0n) is 10.6. The van der Waals surface area contributed by atoms with Crippen molar-refractivity contribution in [2.75, 3.05) is 0 Å². The average Bonchev–Trinajstić information content (AvgIpc) is 2.40. The lowest BCUT2D eigenvalue weighted by Crippen LogP contribution is -1.96. The standard InChI is InChI=1S/C15H12Cl2N2/c1-9(2)11-5-3-4-6-12(11)14-13(16)7-10(8-18)15(17)19-14/h3-7,9H,1-2H3. The topological polar surface area (TPSA) is 36.7 Å². The highest BCUT2D eigenvalue weighted by atomic mass is 35.5. The third kappa shape index (κ3) is 2.73. The first-order valence-corrected chi connectivity index (χ1v) is 6.65. The molecule has 0 fully saturated rings. The maximum atomic E-state index is 8.91. The Balaban J connectivity index is 2.67. The fourth-order valence-corrected chi connectivity index (χ4v) is 2.38. The molecule has 1 aromatic carbocycles. The van der Waals surface area contributed by atoms with Crippen LogP contribution in [-0.4, -0.2) is 4.98 Å². The van der Waals surface area contributed by atoms with Crippen molar-refractivity contribution in [3.63, 3.8) is 0 Å². The number of aromatic nitrogens is 1. The van der Waals surface area contributed by atoms with Crippen LogP contribution < -0.4 is 0 Å². The van der Waals surface area contributed by atoms with Gasteiger partial charge in [-0.05, 0) is 17.5 Å². The maximum absolute atomic E-state index is 8.91. The Morgan fingerprint density at radius 3 is 2.53 bits per heavy atom. The summed E-state index contributed by atoms with van der Waals surface area (Å²) < 4.78 is 0. The molecule has 0 spiro atoms. The van der Waals surface area contributed by atoms with Crippen LogP contribution >= 0.6 is 23.2 Å². The van der Waals surface area contributed by atoms with Gasteiger partial charge in [0.2, 0.25) is 0 Å². The number of hydrogen-bond donors (Lipinski definition) is 0. The van der Waals surface area contributed by atoms with E-state index in [2.05, 4.69) is 18.8 Å². The molecule has 0 amide bonds. The summed E-state index contributed by atoms with van der Waals surface area (Å²) >= 11 is 12.2. The number of benzene rings is 1. The van der Waals surface area contributed by atoms with Gasteiger partial charge in [0.15, 0.2) is 0 Å². The first kappa shape index (κ1) is 13.9. The molecule has 2 aromatic rings. The van der Waals surface area contributed by atoms with E-state index in [9.17, 15) is 0 Å². The van der Waals surface area contributed by atoms with Gasteiger partial charge in [0, 0.05) is 5.56 Å². The van der Waals surface area contributed by atoms with E-state index in [1.807, 2.05) is 30.3 Å². The van der Waals surface area contributed by atoms with Gasteiger partial charge in [-0.25, -0.2) is 4.98 Å². The molecule has 0 aliphatic carbocycles. The second kappa shape index (κ2) is 5.61. The summed E-state index contributed by atoms with van der Waals surface area (Å²) in [6.45, 7) is 4.22. The van der Waals surface area contributed by atoms with Crippen LogP contribution in [0.3, 0.4) is 0 Å². The van der Waals surface area contributed by atoms with E-state index in [0.29, 0.717) is 16.6 Å². The largest absolute Gasteiger partial charge is 0.233 e. The lowest BCUT2D eigenvalue weighted by atomic mass is 9.95. The molecule has 0 saturated heterocycles. The van der Waals surface area contributed by atoms with Gasteiger partial charge in [-0.2, -0.15) is 5.26 Å². The molecule has 0 N–H and O–H groups in total. The fourth-order valence-electron chi connectivity index (χ4n) is 1.95. The molecule has 0 bridgehead atoms. The average molecular weight is 291 g/mol. The molecule has 0 atom stereocenters. The first-order chi connectivity index (χ1) is 9.04. The molecule has 0 unspecified atom stereocenters. The normalized spacial score (nSPS) is 10.5. The summed E-state index contributed by atoms with van der Waals surface area (Å²) in [6.07, 6.45) is 0. The monoisotopic (exact) mass is 290 g/mol. The smallest absolute Gasteiger partial charge is 0.147 e. The number of pyridine rings is 1. The lowest BCUT2D eigenvalue weighted by molar-refractivity contribution is 0.868. The molecule has 0 radical (unpaired) electrons. The van der Waals surface area contributed by atoms with Gasteiger partial charge in [0.05, 0.1) is 16.3 Å². The SMILES string of the molecule is CC(C)c1ccccc1-c1nc(Cl)c(C#N)cc1Cl. The van der Waals surface area contributed by atoms with Crippen molar-refractivity contribution in [2.24, 2.45) is 0 Å². The van der Waals surface area contributed by atoms with E-state index in [-0.39, 0.29) is 10.7 Å². The van der Waals surface area contributed by atoms with Crippen LogP contribution in [0.2, 0.25) is 10.2 Å². The molecule has 0 aliphatic rings. The van der Waals surface area contributed by atoms with Crippen LogP contribution in [-0.2, 0) is 0 Å². The van der Waals surface area contributed by atoms with Gasteiger partial charge < -0.3 is 0 Å². The zero-order valence-corrected chi connectivity index (χ0v) is 12.1. The van der Waals surface area contributed by atoms with Gasteiger partial charge >= 0.3 is 0 Å². The first-order valence-electron chi connectivity index (χ1n) is 5.90. The van der Waals surface area contributed by atoms with Crippen LogP contribution in [0.1, 0.15) is 30.9 Å². The van der Waals surface area contributed by atoms with E-state index in [1.165, 1.54) is 0 Å². The predicted octanol–water partition coefficient (Wildman–Crippen LogP) is 5.05. The minimum Gasteiger partial charge on any atom is -0.233 e. The Bertz CT molecular complexity index is 658. The molecule has 0 saturated carbocycles. The summed E-state index contributed by atoms with van der Waals surface area (Å²) in [7, 11) is 0. The second-order valence-electron chi connectivity index (χ2n) is 4.51. The van der Waals surface area contributed by atoms with Crippen molar-refractivity contribution < 1.29 is 0 Å². The lowest BCUT2D eigenvalue weighted by Gasteiger charge is -2.13. The number of hydrogen-bond acceptors (Lipinski definition) is 2. The van der Waals surface area contributed by atoms with E-state index >= 15 is 0 Å². The Kier molecular flexibility index (Phi) is 4.09. The molecular formula is C15H12Cl2N2. The Morgan fingerprint density at radius 2 is 1.89 bits per heavy atom. The Morgan fingerprint density at radius 1 is 1.21 bits per heavy atom. The minimum absolute atomic E-state index is 0.181. The highest BCUT2D eigenvalue weighted by Gasteiger charge is 2.15. The van der Waals surface area contributed by atoms with E-state index in [0.717, 1.165) is 11.1 Å². The van der Waals surface area contributed by atoms with Gasteiger partial charge in [-0.1, -0.05) is 61.3 Å². The quantitative estimate of drug-likeness (QED) is 0.726. The van der Waals surface area contributed by atoms with E-state index in [4.69, 9.17) is 28.5 Å². The van der Waals surface area contributed by atoms with Gasteiger partial charge in [0.25, 0.3) is 0 Å².